The molecular weight excluding hydrogens is 224 g/mol. The number of nitriles is 1. The van der Waals surface area contributed by atoms with Crippen molar-refractivity contribution in [2.24, 2.45) is 0 Å². The van der Waals surface area contributed by atoms with Gasteiger partial charge in [0.2, 0.25) is 0 Å². The minimum absolute atomic E-state index is 0.176. The minimum Gasteiger partial charge on any atom is -0.497 e. The summed E-state index contributed by atoms with van der Waals surface area (Å²) in [5, 5.41) is 9.46. The fourth-order valence-corrected chi connectivity index (χ4v) is 3.41. The molecule has 2 bridgehead atoms. The molecule has 18 heavy (non-hydrogen) atoms. The lowest BCUT2D eigenvalue weighted by molar-refractivity contribution is 0.194. The number of methoxy groups -OCH3 is 1. The Hall–Kier alpha value is -1.53. The highest BCUT2D eigenvalue weighted by molar-refractivity contribution is 5.28. The maximum Gasteiger partial charge on any atom is 0.118 e. The third kappa shape index (κ3) is 1.69. The summed E-state index contributed by atoms with van der Waals surface area (Å²) in [5.41, 5.74) is 1.09. The van der Waals surface area contributed by atoms with Crippen LogP contribution in [0.5, 0.6) is 5.75 Å². The number of hydrogen-bond acceptors (Lipinski definition) is 3. The number of ether oxygens (including phenoxy) is 1. The van der Waals surface area contributed by atoms with Gasteiger partial charge in [0.1, 0.15) is 11.3 Å². The molecule has 0 N–H and O–H groups in total. The predicted octanol–water partition coefficient (Wildman–Crippen LogP) is 2.72. The van der Waals surface area contributed by atoms with Crippen LogP contribution in [0.15, 0.2) is 24.3 Å². The van der Waals surface area contributed by atoms with E-state index in [-0.39, 0.29) is 5.54 Å². The van der Waals surface area contributed by atoms with Crippen LogP contribution in [0, 0.1) is 11.3 Å². The Morgan fingerprint density at radius 2 is 2.00 bits per heavy atom. The molecule has 2 saturated heterocycles. The van der Waals surface area contributed by atoms with E-state index in [0.29, 0.717) is 6.04 Å². The topological polar surface area (TPSA) is 36.3 Å². The van der Waals surface area contributed by atoms with Gasteiger partial charge in [0.25, 0.3) is 0 Å². The highest BCUT2D eigenvalue weighted by Crippen LogP contribution is 2.46. The molecule has 2 heterocycles. The highest BCUT2D eigenvalue weighted by atomic mass is 16.5. The quantitative estimate of drug-likeness (QED) is 0.817. The van der Waals surface area contributed by atoms with Gasteiger partial charge >= 0.3 is 0 Å². The molecule has 0 amide bonds. The molecule has 0 spiro atoms. The maximum atomic E-state index is 9.46. The Bertz CT molecular complexity index is 466. The van der Waals surface area contributed by atoms with Crippen LogP contribution in [-0.4, -0.2) is 23.6 Å². The monoisotopic (exact) mass is 242 g/mol. The van der Waals surface area contributed by atoms with Crippen LogP contribution in [0.25, 0.3) is 0 Å². The molecular formula is C15H18N2O. The number of rotatable bonds is 3. The van der Waals surface area contributed by atoms with Gasteiger partial charge in [-0.05, 0) is 43.4 Å². The normalized spacial score (nSPS) is 30.3. The molecule has 3 heteroatoms. The summed E-state index contributed by atoms with van der Waals surface area (Å²) in [4.78, 5) is 2.41. The van der Waals surface area contributed by atoms with E-state index in [2.05, 4.69) is 23.1 Å². The molecule has 0 aliphatic carbocycles. The Morgan fingerprint density at radius 3 is 2.56 bits per heavy atom. The molecule has 3 rings (SSSR count). The summed E-state index contributed by atoms with van der Waals surface area (Å²) in [6.45, 7) is 0.891. The van der Waals surface area contributed by atoms with Crippen molar-refractivity contribution in [1.82, 2.24) is 4.90 Å². The molecule has 0 unspecified atom stereocenters. The molecule has 2 aliphatic heterocycles. The summed E-state index contributed by atoms with van der Waals surface area (Å²) in [6.07, 6.45) is 4.46. The molecule has 2 fully saturated rings. The Labute approximate surface area is 108 Å². The van der Waals surface area contributed by atoms with Crippen molar-refractivity contribution >= 4 is 0 Å². The van der Waals surface area contributed by atoms with Crippen molar-refractivity contribution in [3.63, 3.8) is 0 Å². The molecule has 1 aromatic carbocycles. The van der Waals surface area contributed by atoms with Crippen molar-refractivity contribution in [2.75, 3.05) is 7.11 Å². The van der Waals surface area contributed by atoms with Gasteiger partial charge in [-0.25, -0.2) is 0 Å². The second-order valence-corrected chi connectivity index (χ2v) is 5.35. The van der Waals surface area contributed by atoms with E-state index < -0.39 is 0 Å². The Morgan fingerprint density at radius 1 is 1.33 bits per heavy atom. The molecule has 0 aromatic heterocycles. The fourth-order valence-electron chi connectivity index (χ4n) is 3.41. The van der Waals surface area contributed by atoms with E-state index >= 15 is 0 Å². The zero-order valence-electron chi connectivity index (χ0n) is 10.7. The van der Waals surface area contributed by atoms with Crippen molar-refractivity contribution in [1.29, 1.82) is 5.26 Å². The molecule has 1 aromatic rings. The second-order valence-electron chi connectivity index (χ2n) is 5.35. The van der Waals surface area contributed by atoms with Gasteiger partial charge < -0.3 is 4.74 Å². The van der Waals surface area contributed by atoms with Crippen LogP contribution in [0.1, 0.15) is 31.2 Å². The largest absolute Gasteiger partial charge is 0.497 e. The zero-order valence-corrected chi connectivity index (χ0v) is 10.7. The van der Waals surface area contributed by atoms with Gasteiger partial charge in [-0.15, -0.1) is 0 Å². The van der Waals surface area contributed by atoms with Gasteiger partial charge in [0, 0.05) is 12.6 Å². The lowest BCUT2D eigenvalue weighted by atomic mass is 9.89. The van der Waals surface area contributed by atoms with Gasteiger partial charge in [0.15, 0.2) is 0 Å². The first-order valence-corrected chi connectivity index (χ1v) is 6.58. The van der Waals surface area contributed by atoms with Crippen LogP contribution in [0.2, 0.25) is 0 Å². The fraction of sp³-hybridized carbons (Fsp3) is 0.533. The smallest absolute Gasteiger partial charge is 0.118 e. The predicted molar refractivity (Wildman–Crippen MR) is 69.1 cm³/mol. The van der Waals surface area contributed by atoms with E-state index in [0.717, 1.165) is 25.1 Å². The summed E-state index contributed by atoms with van der Waals surface area (Å²) >= 11 is 0. The first kappa shape index (κ1) is 11.6. The van der Waals surface area contributed by atoms with Crippen molar-refractivity contribution in [2.45, 2.75) is 43.8 Å². The molecule has 0 radical (unpaired) electrons. The van der Waals surface area contributed by atoms with Crippen LogP contribution in [0.3, 0.4) is 0 Å². The average molecular weight is 242 g/mol. The molecule has 3 nitrogen and oxygen atoms in total. The first-order chi connectivity index (χ1) is 8.77. The van der Waals surface area contributed by atoms with Gasteiger partial charge in [-0.2, -0.15) is 5.26 Å². The second kappa shape index (κ2) is 4.29. The highest BCUT2D eigenvalue weighted by Gasteiger charge is 2.51. The number of fused-ring (bicyclic) bond motifs is 2. The third-order valence-corrected chi connectivity index (χ3v) is 4.49. The van der Waals surface area contributed by atoms with Crippen LogP contribution >= 0.6 is 0 Å². The zero-order chi connectivity index (χ0) is 12.6. The van der Waals surface area contributed by atoms with E-state index in [1.807, 2.05) is 12.1 Å². The van der Waals surface area contributed by atoms with Gasteiger partial charge in [0.05, 0.1) is 13.2 Å². The summed E-state index contributed by atoms with van der Waals surface area (Å²) in [6, 6.07) is 11.4. The Kier molecular flexibility index (Phi) is 2.76. The number of benzene rings is 1. The number of nitrogens with zero attached hydrogens (tertiary/aromatic N) is 2. The van der Waals surface area contributed by atoms with Crippen LogP contribution < -0.4 is 4.74 Å². The summed E-state index contributed by atoms with van der Waals surface area (Å²) in [5.74, 6) is 0.887. The minimum atomic E-state index is -0.176. The maximum absolute atomic E-state index is 9.46. The SMILES string of the molecule is COc1ccc(CN2C3CCC2(C#N)CC3)cc1. The summed E-state index contributed by atoms with van der Waals surface area (Å²) < 4.78 is 5.17. The van der Waals surface area contributed by atoms with E-state index in [9.17, 15) is 5.26 Å². The van der Waals surface area contributed by atoms with Gasteiger partial charge in [-0.1, -0.05) is 12.1 Å². The molecule has 94 valence electrons. The third-order valence-electron chi connectivity index (χ3n) is 4.49. The standard InChI is InChI=1S/C15H18N2O/c1-18-14-4-2-12(3-5-14)10-17-13-6-8-15(17,11-16)9-7-13/h2-5,13H,6-10H2,1H3. The lowest BCUT2D eigenvalue weighted by Crippen LogP contribution is -2.39. The average Bonchev–Trinajstić information content (AvgIpc) is 2.95. The van der Waals surface area contributed by atoms with Crippen LogP contribution in [-0.2, 0) is 6.54 Å². The van der Waals surface area contributed by atoms with Crippen LogP contribution in [0.4, 0.5) is 0 Å². The molecule has 2 aliphatic rings. The van der Waals surface area contributed by atoms with E-state index in [1.165, 1.54) is 18.4 Å². The number of hydrogen-bond donors (Lipinski definition) is 0. The Balaban J connectivity index is 1.78. The molecule has 0 atom stereocenters. The van der Waals surface area contributed by atoms with Crippen molar-refractivity contribution in [3.05, 3.63) is 29.8 Å². The molecule has 0 saturated carbocycles. The van der Waals surface area contributed by atoms with E-state index in [4.69, 9.17) is 4.74 Å². The lowest BCUT2D eigenvalue weighted by Gasteiger charge is -2.28. The van der Waals surface area contributed by atoms with E-state index in [1.54, 1.807) is 7.11 Å². The van der Waals surface area contributed by atoms with Crippen molar-refractivity contribution in [3.8, 4) is 11.8 Å². The first-order valence-electron chi connectivity index (χ1n) is 6.58. The summed E-state index contributed by atoms with van der Waals surface area (Å²) in [7, 11) is 1.68. The van der Waals surface area contributed by atoms with Crippen molar-refractivity contribution < 1.29 is 4.74 Å². The van der Waals surface area contributed by atoms with Gasteiger partial charge in [-0.3, -0.25) is 4.90 Å².